The Morgan fingerprint density at radius 3 is 2.83 bits per heavy atom. The van der Waals surface area contributed by atoms with Crippen LogP contribution < -0.4 is 10.2 Å². The molecule has 0 fully saturated rings. The van der Waals surface area contributed by atoms with Gasteiger partial charge in [0.15, 0.2) is 5.76 Å². The zero-order valence-corrected chi connectivity index (χ0v) is 16.1. The summed E-state index contributed by atoms with van der Waals surface area (Å²) in [6.07, 6.45) is 2.88. The highest BCUT2D eigenvalue weighted by atomic mass is 16.6. The van der Waals surface area contributed by atoms with Crippen LogP contribution in [0.2, 0.25) is 0 Å². The molecule has 2 aromatic heterocycles. The van der Waals surface area contributed by atoms with Crippen LogP contribution in [0.1, 0.15) is 33.1 Å². The predicted octanol–water partition coefficient (Wildman–Crippen LogP) is 2.82. The van der Waals surface area contributed by atoms with Gasteiger partial charge < -0.3 is 9.15 Å². The molecule has 2 heterocycles. The molecular weight excluding hydrogens is 378 g/mol. The van der Waals surface area contributed by atoms with Crippen LogP contribution in [0.15, 0.2) is 46.1 Å². The van der Waals surface area contributed by atoms with Crippen LogP contribution in [0.3, 0.4) is 0 Å². The van der Waals surface area contributed by atoms with E-state index in [-0.39, 0.29) is 18.0 Å². The van der Waals surface area contributed by atoms with E-state index in [9.17, 15) is 14.9 Å². The zero-order chi connectivity index (χ0) is 21.0. The SMILES string of the molecule is COc1ccc(/C=N\NC(=O)c2ccco2)cc1Cn1nc(C)c([N+](=O)[O-])c1C. The monoisotopic (exact) mass is 397 g/mol. The summed E-state index contributed by atoms with van der Waals surface area (Å²) in [6, 6.07) is 8.48. The minimum absolute atomic E-state index is 0.00215. The number of nitrogens with zero attached hydrogens (tertiary/aromatic N) is 4. The number of ether oxygens (including phenoxy) is 1. The molecule has 1 aromatic carbocycles. The minimum atomic E-state index is -0.463. The molecule has 0 radical (unpaired) electrons. The van der Waals surface area contributed by atoms with Gasteiger partial charge in [-0.15, -0.1) is 0 Å². The van der Waals surface area contributed by atoms with Crippen LogP contribution in [0.4, 0.5) is 5.69 Å². The summed E-state index contributed by atoms with van der Waals surface area (Å²) < 4.78 is 11.9. The Hall–Kier alpha value is -3.95. The highest BCUT2D eigenvalue weighted by Crippen LogP contribution is 2.25. The van der Waals surface area contributed by atoms with Crippen molar-refractivity contribution in [3.63, 3.8) is 0 Å². The summed E-state index contributed by atoms with van der Waals surface area (Å²) in [5.74, 6) is 0.301. The summed E-state index contributed by atoms with van der Waals surface area (Å²) in [5.41, 5.74) is 4.65. The molecule has 0 aliphatic heterocycles. The van der Waals surface area contributed by atoms with E-state index >= 15 is 0 Å². The molecule has 0 aliphatic rings. The first kappa shape index (κ1) is 19.8. The van der Waals surface area contributed by atoms with E-state index in [0.29, 0.717) is 22.7 Å². The smallest absolute Gasteiger partial charge is 0.312 e. The van der Waals surface area contributed by atoms with Crippen LogP contribution in [-0.4, -0.2) is 33.9 Å². The third-order valence-corrected chi connectivity index (χ3v) is 4.28. The first-order valence-electron chi connectivity index (χ1n) is 8.63. The molecule has 3 rings (SSSR count). The number of benzene rings is 1. The molecule has 0 unspecified atom stereocenters. The normalized spacial score (nSPS) is 11.0. The topological polar surface area (TPSA) is 125 Å². The number of methoxy groups -OCH3 is 1. The van der Waals surface area contributed by atoms with Crippen molar-refractivity contribution in [1.82, 2.24) is 15.2 Å². The number of hydrogen-bond acceptors (Lipinski definition) is 7. The molecule has 0 spiro atoms. The fraction of sp³-hybridized carbons (Fsp3) is 0.211. The highest BCUT2D eigenvalue weighted by Gasteiger charge is 2.22. The number of hydrogen-bond donors (Lipinski definition) is 1. The second-order valence-corrected chi connectivity index (χ2v) is 6.18. The summed E-state index contributed by atoms with van der Waals surface area (Å²) in [4.78, 5) is 22.6. The largest absolute Gasteiger partial charge is 0.496 e. The van der Waals surface area contributed by atoms with Crippen LogP contribution in [0.5, 0.6) is 5.75 Å². The molecule has 0 saturated heterocycles. The van der Waals surface area contributed by atoms with Gasteiger partial charge in [0, 0.05) is 5.56 Å². The molecule has 29 heavy (non-hydrogen) atoms. The second-order valence-electron chi connectivity index (χ2n) is 6.18. The van der Waals surface area contributed by atoms with Crippen molar-refractivity contribution in [2.24, 2.45) is 5.10 Å². The summed E-state index contributed by atoms with van der Waals surface area (Å²) in [7, 11) is 1.54. The highest BCUT2D eigenvalue weighted by molar-refractivity contribution is 5.92. The van der Waals surface area contributed by atoms with Gasteiger partial charge in [-0.2, -0.15) is 10.2 Å². The van der Waals surface area contributed by atoms with Gasteiger partial charge >= 0.3 is 11.6 Å². The molecule has 0 bridgehead atoms. The Morgan fingerprint density at radius 2 is 2.21 bits per heavy atom. The van der Waals surface area contributed by atoms with E-state index in [4.69, 9.17) is 9.15 Å². The zero-order valence-electron chi connectivity index (χ0n) is 16.1. The molecule has 1 N–H and O–H groups in total. The van der Waals surface area contributed by atoms with Crippen molar-refractivity contribution in [3.05, 3.63) is 75.0 Å². The van der Waals surface area contributed by atoms with Crippen LogP contribution in [-0.2, 0) is 6.54 Å². The first-order chi connectivity index (χ1) is 13.9. The third-order valence-electron chi connectivity index (χ3n) is 4.28. The molecule has 150 valence electrons. The van der Waals surface area contributed by atoms with Crippen molar-refractivity contribution in [3.8, 4) is 5.75 Å². The van der Waals surface area contributed by atoms with Crippen molar-refractivity contribution in [2.45, 2.75) is 20.4 Å². The maximum absolute atomic E-state index is 11.8. The van der Waals surface area contributed by atoms with E-state index < -0.39 is 10.8 Å². The van der Waals surface area contributed by atoms with Gasteiger partial charge in [0.05, 0.1) is 31.1 Å². The van der Waals surface area contributed by atoms with Crippen molar-refractivity contribution >= 4 is 17.8 Å². The van der Waals surface area contributed by atoms with Crippen LogP contribution in [0, 0.1) is 24.0 Å². The molecule has 0 aliphatic carbocycles. The molecule has 1 amide bonds. The molecule has 0 atom stereocenters. The average molecular weight is 397 g/mol. The molecular formula is C19H19N5O5. The maximum atomic E-state index is 11.8. The number of carbonyl (C=O) groups excluding carboxylic acids is 1. The van der Waals surface area contributed by atoms with Gasteiger partial charge in [0.1, 0.15) is 17.1 Å². The van der Waals surface area contributed by atoms with Crippen molar-refractivity contribution in [2.75, 3.05) is 7.11 Å². The quantitative estimate of drug-likeness (QED) is 0.371. The minimum Gasteiger partial charge on any atom is -0.496 e. The number of hydrazone groups is 1. The Labute approximate surface area is 165 Å². The summed E-state index contributed by atoms with van der Waals surface area (Å²) in [5, 5.41) is 19.4. The number of aryl methyl sites for hydroxylation is 1. The van der Waals surface area contributed by atoms with Crippen LogP contribution in [0.25, 0.3) is 0 Å². The lowest BCUT2D eigenvalue weighted by atomic mass is 10.1. The first-order valence-corrected chi connectivity index (χ1v) is 8.63. The lowest BCUT2D eigenvalue weighted by molar-refractivity contribution is -0.386. The number of aromatic nitrogens is 2. The van der Waals surface area contributed by atoms with E-state index in [2.05, 4.69) is 15.6 Å². The Kier molecular flexibility index (Phi) is 5.72. The number of rotatable bonds is 7. The van der Waals surface area contributed by atoms with Gasteiger partial charge in [-0.25, -0.2) is 5.43 Å². The van der Waals surface area contributed by atoms with E-state index in [1.807, 2.05) is 6.07 Å². The Morgan fingerprint density at radius 1 is 1.41 bits per heavy atom. The fourth-order valence-electron chi connectivity index (χ4n) is 2.90. The predicted molar refractivity (Wildman–Crippen MR) is 104 cm³/mol. The number of nitrogens with one attached hydrogen (secondary N) is 1. The molecule has 10 heteroatoms. The summed E-state index contributed by atoms with van der Waals surface area (Å²) in [6.45, 7) is 3.54. The molecule has 0 saturated carbocycles. The standard InChI is InChI=1S/C19H19N5O5/c1-12-18(24(26)27)13(2)23(22-12)11-15-9-14(6-7-16(15)28-3)10-20-21-19(25)17-5-4-8-29-17/h4-10H,11H2,1-3H3,(H,21,25)/b20-10-. The van der Waals surface area contributed by atoms with Gasteiger partial charge in [0.2, 0.25) is 0 Å². The maximum Gasteiger partial charge on any atom is 0.312 e. The van der Waals surface area contributed by atoms with Gasteiger partial charge in [-0.05, 0) is 49.7 Å². The average Bonchev–Trinajstić information content (AvgIpc) is 3.30. The van der Waals surface area contributed by atoms with E-state index in [1.165, 1.54) is 18.5 Å². The number of furan rings is 1. The molecule has 3 aromatic rings. The third kappa shape index (κ3) is 4.32. The Balaban J connectivity index is 1.81. The van der Waals surface area contributed by atoms with Crippen molar-refractivity contribution < 1.29 is 18.9 Å². The van der Waals surface area contributed by atoms with Crippen molar-refractivity contribution in [1.29, 1.82) is 0 Å². The van der Waals surface area contributed by atoms with Crippen LogP contribution >= 0.6 is 0 Å². The number of nitro groups is 1. The second kappa shape index (κ2) is 8.38. The summed E-state index contributed by atoms with van der Waals surface area (Å²) >= 11 is 0. The van der Waals surface area contributed by atoms with E-state index in [1.54, 1.807) is 43.8 Å². The Bertz CT molecular complexity index is 1070. The van der Waals surface area contributed by atoms with Gasteiger partial charge in [0.25, 0.3) is 0 Å². The number of amides is 1. The van der Waals surface area contributed by atoms with Gasteiger partial charge in [-0.3, -0.25) is 19.6 Å². The fourth-order valence-corrected chi connectivity index (χ4v) is 2.90. The van der Waals surface area contributed by atoms with Gasteiger partial charge in [-0.1, -0.05) is 0 Å². The lowest BCUT2D eigenvalue weighted by Gasteiger charge is -2.10. The molecule has 10 nitrogen and oxygen atoms in total. The lowest BCUT2D eigenvalue weighted by Crippen LogP contribution is -2.16. The van der Waals surface area contributed by atoms with E-state index in [0.717, 1.165) is 5.56 Å². The number of carbonyl (C=O) groups is 1.